The highest BCUT2D eigenvalue weighted by Gasteiger charge is 2.29. The predicted molar refractivity (Wildman–Crippen MR) is 63.4 cm³/mol. The molecule has 0 aromatic heterocycles. The molecule has 0 unspecified atom stereocenters. The van der Waals surface area contributed by atoms with E-state index in [9.17, 15) is 13.6 Å². The van der Waals surface area contributed by atoms with E-state index in [4.69, 9.17) is 5.11 Å². The summed E-state index contributed by atoms with van der Waals surface area (Å²) in [6, 6.07) is 2.49. The summed E-state index contributed by atoms with van der Waals surface area (Å²) in [7, 11) is 0. The molecule has 0 atom stereocenters. The Bertz CT molecular complexity index is 444. The normalized spacial score (nSPS) is 11.6. The molecular weight excluding hydrogens is 246 g/mol. The van der Waals surface area contributed by atoms with Crippen LogP contribution in [0.1, 0.15) is 25.8 Å². The zero-order chi connectivity index (χ0) is 13.2. The SMILES string of the molecule is CSc1c(F)ccc(C(C)(C)CC(=O)O)c1F. The third-order valence-electron chi connectivity index (χ3n) is 2.58. The standard InChI is InChI=1S/C12H14F2O2S/c1-12(2,6-9(15)16)7-4-5-8(13)11(17-3)10(7)14/h4-5H,6H2,1-3H3,(H,15,16). The number of halogens is 2. The molecule has 1 N–H and O–H groups in total. The molecule has 0 saturated carbocycles. The van der Waals surface area contributed by atoms with Gasteiger partial charge in [-0.05, 0) is 17.9 Å². The zero-order valence-electron chi connectivity index (χ0n) is 9.88. The van der Waals surface area contributed by atoms with Gasteiger partial charge in [0.1, 0.15) is 11.6 Å². The fourth-order valence-electron chi connectivity index (χ4n) is 1.72. The minimum Gasteiger partial charge on any atom is -0.481 e. The maximum absolute atomic E-state index is 14.0. The third-order valence-corrected chi connectivity index (χ3v) is 3.36. The molecule has 5 heteroatoms. The van der Waals surface area contributed by atoms with E-state index in [-0.39, 0.29) is 16.9 Å². The van der Waals surface area contributed by atoms with E-state index in [1.807, 2.05) is 0 Å². The second-order valence-corrected chi connectivity index (χ2v) is 5.21. The first-order chi connectivity index (χ1) is 7.79. The summed E-state index contributed by atoms with van der Waals surface area (Å²) in [5, 5.41) is 8.78. The molecule has 2 nitrogen and oxygen atoms in total. The molecule has 17 heavy (non-hydrogen) atoms. The van der Waals surface area contributed by atoms with Crippen LogP contribution in [0.3, 0.4) is 0 Å². The van der Waals surface area contributed by atoms with Crippen LogP contribution in [0.2, 0.25) is 0 Å². The fraction of sp³-hybridized carbons (Fsp3) is 0.417. The molecule has 94 valence electrons. The Morgan fingerprint density at radius 1 is 1.41 bits per heavy atom. The van der Waals surface area contributed by atoms with E-state index in [0.717, 1.165) is 11.8 Å². The minimum atomic E-state index is -1.01. The molecule has 1 aromatic carbocycles. The lowest BCUT2D eigenvalue weighted by Gasteiger charge is -2.24. The van der Waals surface area contributed by atoms with Crippen molar-refractivity contribution in [2.45, 2.75) is 30.6 Å². The van der Waals surface area contributed by atoms with Crippen molar-refractivity contribution < 1.29 is 18.7 Å². The number of hydrogen-bond donors (Lipinski definition) is 1. The van der Waals surface area contributed by atoms with Crippen molar-refractivity contribution in [3.05, 3.63) is 29.3 Å². The van der Waals surface area contributed by atoms with Crippen molar-refractivity contribution in [1.29, 1.82) is 0 Å². The van der Waals surface area contributed by atoms with Crippen molar-refractivity contribution in [3.63, 3.8) is 0 Å². The van der Waals surface area contributed by atoms with E-state index >= 15 is 0 Å². The Hall–Kier alpha value is -1.10. The van der Waals surface area contributed by atoms with Gasteiger partial charge in [0.25, 0.3) is 0 Å². The molecule has 0 fully saturated rings. The molecule has 0 saturated heterocycles. The molecule has 0 aliphatic rings. The van der Waals surface area contributed by atoms with Crippen molar-refractivity contribution in [3.8, 4) is 0 Å². The van der Waals surface area contributed by atoms with Crippen LogP contribution >= 0.6 is 11.8 Å². The maximum atomic E-state index is 14.0. The van der Waals surface area contributed by atoms with E-state index in [1.54, 1.807) is 20.1 Å². The number of hydrogen-bond acceptors (Lipinski definition) is 2. The Morgan fingerprint density at radius 3 is 2.47 bits per heavy atom. The number of benzene rings is 1. The largest absolute Gasteiger partial charge is 0.481 e. The van der Waals surface area contributed by atoms with Crippen LogP contribution in [0.25, 0.3) is 0 Å². The van der Waals surface area contributed by atoms with Gasteiger partial charge in [-0.15, -0.1) is 11.8 Å². The van der Waals surface area contributed by atoms with Gasteiger partial charge in [-0.2, -0.15) is 0 Å². The number of carboxylic acid groups (broad SMARTS) is 1. The average Bonchev–Trinajstić information content (AvgIpc) is 2.15. The molecule has 0 aliphatic carbocycles. The number of carbonyl (C=O) groups is 1. The predicted octanol–water partition coefficient (Wildman–Crippen LogP) is 3.44. The van der Waals surface area contributed by atoms with Crippen molar-refractivity contribution in [1.82, 2.24) is 0 Å². The number of rotatable bonds is 4. The zero-order valence-corrected chi connectivity index (χ0v) is 10.7. The average molecular weight is 260 g/mol. The summed E-state index contributed by atoms with van der Waals surface area (Å²) < 4.78 is 27.3. The Balaban J connectivity index is 3.27. The molecule has 0 heterocycles. The highest BCUT2D eigenvalue weighted by atomic mass is 32.2. The number of aliphatic carboxylic acids is 1. The minimum absolute atomic E-state index is 0.0686. The van der Waals surface area contributed by atoms with Crippen LogP contribution in [-0.2, 0) is 10.2 Å². The lowest BCUT2D eigenvalue weighted by Crippen LogP contribution is -2.23. The van der Waals surface area contributed by atoms with Crippen molar-refractivity contribution in [2.75, 3.05) is 6.26 Å². The first-order valence-corrected chi connectivity index (χ1v) is 6.26. The van der Waals surface area contributed by atoms with Gasteiger partial charge < -0.3 is 5.11 Å². The van der Waals surface area contributed by atoms with Gasteiger partial charge in [0, 0.05) is 5.41 Å². The summed E-state index contributed by atoms with van der Waals surface area (Å²) >= 11 is 0.974. The lowest BCUT2D eigenvalue weighted by molar-refractivity contribution is -0.138. The van der Waals surface area contributed by atoms with Gasteiger partial charge in [0.2, 0.25) is 0 Å². The van der Waals surface area contributed by atoms with Gasteiger partial charge in [-0.3, -0.25) is 4.79 Å². The maximum Gasteiger partial charge on any atom is 0.304 e. The number of thioether (sulfide) groups is 1. The van der Waals surface area contributed by atoms with Crippen molar-refractivity contribution in [2.24, 2.45) is 0 Å². The van der Waals surface area contributed by atoms with E-state index in [1.165, 1.54) is 12.1 Å². The van der Waals surface area contributed by atoms with Crippen LogP contribution < -0.4 is 0 Å². The molecule has 1 aromatic rings. The Kier molecular flexibility index (Phi) is 4.14. The second kappa shape index (κ2) is 5.04. The third kappa shape index (κ3) is 2.97. The summed E-state index contributed by atoms with van der Waals surface area (Å²) in [6.45, 7) is 3.25. The smallest absolute Gasteiger partial charge is 0.304 e. The summed E-state index contributed by atoms with van der Waals surface area (Å²) in [4.78, 5) is 10.7. The summed E-state index contributed by atoms with van der Waals surface area (Å²) in [5.41, 5.74) is -0.640. The molecule has 0 bridgehead atoms. The molecule has 1 rings (SSSR count). The summed E-state index contributed by atoms with van der Waals surface area (Å²) in [6.07, 6.45) is 1.37. The first-order valence-electron chi connectivity index (χ1n) is 5.04. The quantitative estimate of drug-likeness (QED) is 0.843. The Morgan fingerprint density at radius 2 is 2.00 bits per heavy atom. The molecule has 0 radical (unpaired) electrons. The first kappa shape index (κ1) is 14.0. The van der Waals surface area contributed by atoms with Gasteiger partial charge >= 0.3 is 5.97 Å². The molecule has 0 aliphatic heterocycles. The fourth-order valence-corrected chi connectivity index (χ4v) is 2.27. The highest BCUT2D eigenvalue weighted by molar-refractivity contribution is 7.98. The van der Waals surface area contributed by atoms with Crippen LogP contribution in [0.5, 0.6) is 0 Å². The van der Waals surface area contributed by atoms with Crippen LogP contribution in [0.4, 0.5) is 8.78 Å². The molecular formula is C12H14F2O2S. The van der Waals surface area contributed by atoms with E-state index < -0.39 is 23.0 Å². The topological polar surface area (TPSA) is 37.3 Å². The molecule has 0 spiro atoms. The van der Waals surface area contributed by atoms with Crippen molar-refractivity contribution >= 4 is 17.7 Å². The second-order valence-electron chi connectivity index (χ2n) is 4.40. The van der Waals surface area contributed by atoms with E-state index in [2.05, 4.69) is 0 Å². The highest BCUT2D eigenvalue weighted by Crippen LogP contribution is 2.34. The van der Waals surface area contributed by atoms with Gasteiger partial charge in [-0.25, -0.2) is 8.78 Å². The monoisotopic (exact) mass is 260 g/mol. The van der Waals surface area contributed by atoms with Crippen LogP contribution in [0.15, 0.2) is 17.0 Å². The number of carboxylic acids is 1. The lowest BCUT2D eigenvalue weighted by atomic mass is 9.81. The van der Waals surface area contributed by atoms with E-state index in [0.29, 0.717) is 0 Å². The van der Waals surface area contributed by atoms with Crippen LogP contribution in [-0.4, -0.2) is 17.3 Å². The summed E-state index contributed by atoms with van der Waals surface area (Å²) in [5.74, 6) is -2.29. The van der Waals surface area contributed by atoms with Crippen LogP contribution in [0, 0.1) is 11.6 Å². The Labute approximate surface area is 103 Å². The van der Waals surface area contributed by atoms with Gasteiger partial charge in [-0.1, -0.05) is 19.9 Å². The van der Waals surface area contributed by atoms with Gasteiger partial charge in [0.05, 0.1) is 11.3 Å². The van der Waals surface area contributed by atoms with Gasteiger partial charge in [0.15, 0.2) is 0 Å². The molecule has 0 amide bonds.